The second kappa shape index (κ2) is 8.44. The van der Waals surface area contributed by atoms with Crippen LogP contribution in [0.1, 0.15) is 23.1 Å². The van der Waals surface area contributed by atoms with Gasteiger partial charge in [0.2, 0.25) is 5.91 Å². The van der Waals surface area contributed by atoms with Crippen molar-refractivity contribution in [2.45, 2.75) is 26.7 Å². The number of likely N-dealkylation sites (N-methyl/N-ethyl adjacent to an activating group) is 1. The number of hydrogen-bond acceptors (Lipinski definition) is 3. The van der Waals surface area contributed by atoms with Crippen LogP contribution in [-0.4, -0.2) is 35.9 Å². The van der Waals surface area contributed by atoms with Crippen LogP contribution in [0.15, 0.2) is 42.7 Å². The molecular formula is C19H25N3O. The van der Waals surface area contributed by atoms with Gasteiger partial charge in [0.1, 0.15) is 0 Å². The lowest BCUT2D eigenvalue weighted by Crippen LogP contribution is -2.26. The number of anilines is 1. The van der Waals surface area contributed by atoms with Crippen molar-refractivity contribution in [3.05, 3.63) is 59.4 Å². The average Bonchev–Trinajstić information content (AvgIpc) is 2.55. The van der Waals surface area contributed by atoms with Crippen LogP contribution in [0.25, 0.3) is 0 Å². The number of carbonyl (C=O) groups excluding carboxylic acids is 1. The number of benzene rings is 1. The van der Waals surface area contributed by atoms with Crippen molar-refractivity contribution in [1.82, 2.24) is 9.88 Å². The third-order valence-electron chi connectivity index (χ3n) is 3.92. The van der Waals surface area contributed by atoms with Gasteiger partial charge < -0.3 is 10.2 Å². The number of aromatic nitrogens is 1. The van der Waals surface area contributed by atoms with E-state index in [2.05, 4.69) is 21.3 Å². The quantitative estimate of drug-likeness (QED) is 0.854. The van der Waals surface area contributed by atoms with Gasteiger partial charge in [0, 0.05) is 37.6 Å². The summed E-state index contributed by atoms with van der Waals surface area (Å²) in [5, 5.41) is 3.01. The standard InChI is InChI=1S/C19H25N3O/c1-15-4-5-16(2)18(14-15)21-19(23)9-13-22(3)12-8-17-6-10-20-11-7-17/h4-7,10-11,14H,8-9,12-13H2,1-3H3,(H,21,23). The molecule has 0 spiro atoms. The minimum absolute atomic E-state index is 0.0643. The first-order valence-corrected chi connectivity index (χ1v) is 7.99. The van der Waals surface area contributed by atoms with Gasteiger partial charge in [-0.1, -0.05) is 12.1 Å². The molecule has 1 aromatic carbocycles. The topological polar surface area (TPSA) is 45.2 Å². The van der Waals surface area contributed by atoms with Crippen LogP contribution in [0, 0.1) is 13.8 Å². The molecule has 0 radical (unpaired) electrons. The lowest BCUT2D eigenvalue weighted by Gasteiger charge is -2.16. The lowest BCUT2D eigenvalue weighted by molar-refractivity contribution is -0.116. The van der Waals surface area contributed by atoms with E-state index in [1.54, 1.807) is 0 Å². The molecule has 0 saturated heterocycles. The zero-order valence-electron chi connectivity index (χ0n) is 14.2. The van der Waals surface area contributed by atoms with Crippen LogP contribution in [0.5, 0.6) is 0 Å². The van der Waals surface area contributed by atoms with Gasteiger partial charge in [-0.25, -0.2) is 0 Å². The van der Waals surface area contributed by atoms with Crippen molar-refractivity contribution in [2.24, 2.45) is 0 Å². The number of aryl methyl sites for hydroxylation is 2. The lowest BCUT2D eigenvalue weighted by atomic mass is 10.1. The smallest absolute Gasteiger partial charge is 0.225 e. The van der Waals surface area contributed by atoms with E-state index in [1.807, 2.05) is 57.6 Å². The minimum Gasteiger partial charge on any atom is -0.326 e. The van der Waals surface area contributed by atoms with Crippen molar-refractivity contribution in [3.8, 4) is 0 Å². The highest BCUT2D eigenvalue weighted by atomic mass is 16.1. The van der Waals surface area contributed by atoms with E-state index in [0.717, 1.165) is 36.3 Å². The molecule has 0 aliphatic heterocycles. The molecule has 0 saturated carbocycles. The van der Waals surface area contributed by atoms with Crippen LogP contribution in [0.3, 0.4) is 0 Å². The summed E-state index contributed by atoms with van der Waals surface area (Å²) in [5.74, 6) is 0.0643. The van der Waals surface area contributed by atoms with E-state index in [0.29, 0.717) is 6.42 Å². The number of carbonyl (C=O) groups is 1. The molecule has 1 heterocycles. The maximum absolute atomic E-state index is 12.1. The maximum atomic E-state index is 12.1. The van der Waals surface area contributed by atoms with Crippen LogP contribution in [0.4, 0.5) is 5.69 Å². The van der Waals surface area contributed by atoms with Gasteiger partial charge in [-0.15, -0.1) is 0 Å². The van der Waals surface area contributed by atoms with Gasteiger partial charge in [-0.05, 0) is 62.2 Å². The SMILES string of the molecule is Cc1ccc(C)c(NC(=O)CCN(C)CCc2ccncc2)c1. The maximum Gasteiger partial charge on any atom is 0.225 e. The molecule has 0 unspecified atom stereocenters. The predicted molar refractivity (Wildman–Crippen MR) is 94.6 cm³/mol. The fraction of sp³-hybridized carbons (Fsp3) is 0.368. The normalized spacial score (nSPS) is 10.8. The summed E-state index contributed by atoms with van der Waals surface area (Å²) in [4.78, 5) is 18.3. The molecule has 23 heavy (non-hydrogen) atoms. The summed E-state index contributed by atoms with van der Waals surface area (Å²) in [6, 6.07) is 10.2. The Morgan fingerprint density at radius 3 is 2.61 bits per heavy atom. The first-order chi connectivity index (χ1) is 11.0. The van der Waals surface area contributed by atoms with Crippen molar-refractivity contribution >= 4 is 11.6 Å². The first kappa shape index (κ1) is 17.2. The van der Waals surface area contributed by atoms with E-state index in [9.17, 15) is 4.79 Å². The molecule has 2 aromatic rings. The number of pyridine rings is 1. The van der Waals surface area contributed by atoms with Gasteiger partial charge >= 0.3 is 0 Å². The predicted octanol–water partition coefficient (Wildman–Crippen LogP) is 3.20. The molecular weight excluding hydrogens is 286 g/mol. The molecule has 1 aromatic heterocycles. The Hall–Kier alpha value is -2.20. The Kier molecular flexibility index (Phi) is 6.29. The van der Waals surface area contributed by atoms with E-state index in [-0.39, 0.29) is 5.91 Å². The Morgan fingerprint density at radius 1 is 1.13 bits per heavy atom. The fourth-order valence-corrected chi connectivity index (χ4v) is 2.36. The van der Waals surface area contributed by atoms with Crippen molar-refractivity contribution in [2.75, 3.05) is 25.5 Å². The second-order valence-corrected chi connectivity index (χ2v) is 6.03. The zero-order valence-corrected chi connectivity index (χ0v) is 14.2. The molecule has 2 rings (SSSR count). The van der Waals surface area contributed by atoms with Crippen LogP contribution >= 0.6 is 0 Å². The van der Waals surface area contributed by atoms with Gasteiger partial charge in [-0.3, -0.25) is 9.78 Å². The van der Waals surface area contributed by atoms with E-state index in [4.69, 9.17) is 0 Å². The largest absolute Gasteiger partial charge is 0.326 e. The van der Waals surface area contributed by atoms with E-state index in [1.165, 1.54) is 5.56 Å². The number of hydrogen-bond donors (Lipinski definition) is 1. The molecule has 0 bridgehead atoms. The summed E-state index contributed by atoms with van der Waals surface area (Å²) < 4.78 is 0. The average molecular weight is 311 g/mol. The fourth-order valence-electron chi connectivity index (χ4n) is 2.36. The second-order valence-electron chi connectivity index (χ2n) is 6.03. The Morgan fingerprint density at radius 2 is 1.87 bits per heavy atom. The van der Waals surface area contributed by atoms with Crippen LogP contribution in [-0.2, 0) is 11.2 Å². The monoisotopic (exact) mass is 311 g/mol. The highest BCUT2D eigenvalue weighted by molar-refractivity contribution is 5.91. The molecule has 4 heteroatoms. The van der Waals surface area contributed by atoms with Crippen molar-refractivity contribution in [1.29, 1.82) is 0 Å². The molecule has 1 amide bonds. The summed E-state index contributed by atoms with van der Waals surface area (Å²) in [6.45, 7) is 5.72. The number of nitrogens with zero attached hydrogens (tertiary/aromatic N) is 2. The highest BCUT2D eigenvalue weighted by Gasteiger charge is 2.07. The molecule has 0 fully saturated rings. The Labute approximate surface area is 138 Å². The van der Waals surface area contributed by atoms with E-state index < -0.39 is 0 Å². The number of amides is 1. The molecule has 122 valence electrons. The van der Waals surface area contributed by atoms with Gasteiger partial charge in [0.25, 0.3) is 0 Å². The highest BCUT2D eigenvalue weighted by Crippen LogP contribution is 2.16. The van der Waals surface area contributed by atoms with Gasteiger partial charge in [0.05, 0.1) is 0 Å². The van der Waals surface area contributed by atoms with Crippen LogP contribution in [0.2, 0.25) is 0 Å². The summed E-state index contributed by atoms with van der Waals surface area (Å²) >= 11 is 0. The Bertz CT molecular complexity index is 640. The molecule has 0 aliphatic rings. The van der Waals surface area contributed by atoms with Crippen molar-refractivity contribution in [3.63, 3.8) is 0 Å². The van der Waals surface area contributed by atoms with Gasteiger partial charge in [-0.2, -0.15) is 0 Å². The van der Waals surface area contributed by atoms with Crippen LogP contribution < -0.4 is 5.32 Å². The zero-order chi connectivity index (χ0) is 16.7. The molecule has 4 nitrogen and oxygen atoms in total. The third kappa shape index (κ3) is 5.83. The summed E-state index contributed by atoms with van der Waals surface area (Å²) in [6.07, 6.45) is 5.10. The van der Waals surface area contributed by atoms with E-state index >= 15 is 0 Å². The Balaban J connectivity index is 1.74. The summed E-state index contributed by atoms with van der Waals surface area (Å²) in [5.41, 5.74) is 4.43. The molecule has 1 N–H and O–H groups in total. The van der Waals surface area contributed by atoms with Crippen molar-refractivity contribution < 1.29 is 4.79 Å². The minimum atomic E-state index is 0.0643. The summed E-state index contributed by atoms with van der Waals surface area (Å²) in [7, 11) is 2.05. The third-order valence-corrected chi connectivity index (χ3v) is 3.92. The molecule has 0 aliphatic carbocycles. The van der Waals surface area contributed by atoms with Gasteiger partial charge in [0.15, 0.2) is 0 Å². The number of nitrogens with one attached hydrogen (secondary N) is 1. The number of rotatable bonds is 7. The molecule has 0 atom stereocenters. The first-order valence-electron chi connectivity index (χ1n) is 7.99.